The normalized spacial score (nSPS) is 15.4. The van der Waals surface area contributed by atoms with Crippen LogP contribution in [0.3, 0.4) is 0 Å². The third-order valence-electron chi connectivity index (χ3n) is 5.90. The number of aliphatic hydroxyl groups is 1. The lowest BCUT2D eigenvalue weighted by atomic mass is 9.97. The van der Waals surface area contributed by atoms with Gasteiger partial charge in [0.2, 0.25) is 16.0 Å². The van der Waals surface area contributed by atoms with Crippen LogP contribution in [0.4, 0.5) is 5.95 Å². The van der Waals surface area contributed by atoms with Gasteiger partial charge in [-0.05, 0) is 55.8 Å². The Morgan fingerprint density at radius 1 is 1.23 bits per heavy atom. The van der Waals surface area contributed by atoms with Crippen molar-refractivity contribution in [1.29, 1.82) is 0 Å². The molecule has 3 heterocycles. The first-order valence-corrected chi connectivity index (χ1v) is 13.8. The van der Waals surface area contributed by atoms with E-state index in [1.165, 1.54) is 17.5 Å². The highest BCUT2D eigenvalue weighted by molar-refractivity contribution is 7.90. The van der Waals surface area contributed by atoms with E-state index in [4.69, 9.17) is 17.3 Å². The Kier molecular flexibility index (Phi) is 6.05. The van der Waals surface area contributed by atoms with Gasteiger partial charge >= 0.3 is 0 Å². The molecule has 3 aromatic heterocycles. The van der Waals surface area contributed by atoms with Crippen LogP contribution in [0.25, 0.3) is 21.3 Å². The molecule has 0 unspecified atom stereocenters. The molecule has 1 aliphatic rings. The average Bonchev–Trinajstić information content (AvgIpc) is 3.58. The molecule has 0 spiro atoms. The highest BCUT2D eigenvalue weighted by Gasteiger charge is 2.38. The minimum atomic E-state index is -3.58. The standard InChI is InChI=1S/C24H24ClN5O3S2/c1-24(2,31)14-8-9-27-18(11-14)16-5-3-4-13-10-19(34-22(13)16)21(30-35(32,33)15-6-7-15)20-17(25)12-28-23(26)29-20/h3-5,8-12,15,21,30-31H,6-7H2,1-2H3,(H2,26,28,29)/t21-/m0/s1. The monoisotopic (exact) mass is 529 g/mol. The summed E-state index contributed by atoms with van der Waals surface area (Å²) in [7, 11) is -3.58. The minimum Gasteiger partial charge on any atom is -0.386 e. The van der Waals surface area contributed by atoms with E-state index in [0.29, 0.717) is 24.2 Å². The summed E-state index contributed by atoms with van der Waals surface area (Å²) in [5.41, 5.74) is 7.45. The van der Waals surface area contributed by atoms with Crippen molar-refractivity contribution < 1.29 is 13.5 Å². The second kappa shape index (κ2) is 8.79. The van der Waals surface area contributed by atoms with Crippen LogP contribution in [0.15, 0.2) is 48.8 Å². The molecule has 4 aromatic rings. The quantitative estimate of drug-likeness (QED) is 0.323. The van der Waals surface area contributed by atoms with Crippen LogP contribution in [0.5, 0.6) is 0 Å². The molecule has 1 atom stereocenters. The summed E-state index contributed by atoms with van der Waals surface area (Å²) in [5, 5.41) is 11.2. The van der Waals surface area contributed by atoms with Crippen LogP contribution in [0, 0.1) is 0 Å². The third kappa shape index (κ3) is 4.89. The van der Waals surface area contributed by atoms with Crippen LogP contribution < -0.4 is 10.5 Å². The zero-order valence-electron chi connectivity index (χ0n) is 19.1. The van der Waals surface area contributed by atoms with E-state index >= 15 is 0 Å². The summed E-state index contributed by atoms with van der Waals surface area (Å²) >= 11 is 7.84. The number of pyridine rings is 1. The maximum atomic E-state index is 12.9. The van der Waals surface area contributed by atoms with Crippen molar-refractivity contribution in [2.75, 3.05) is 5.73 Å². The molecule has 11 heteroatoms. The van der Waals surface area contributed by atoms with Gasteiger partial charge in [-0.1, -0.05) is 29.8 Å². The number of halogens is 1. The highest BCUT2D eigenvalue weighted by atomic mass is 35.5. The van der Waals surface area contributed by atoms with E-state index < -0.39 is 26.9 Å². The molecule has 0 bridgehead atoms. The number of rotatable bonds is 7. The van der Waals surface area contributed by atoms with Gasteiger partial charge in [-0.15, -0.1) is 11.3 Å². The zero-order valence-corrected chi connectivity index (χ0v) is 21.5. The molecule has 35 heavy (non-hydrogen) atoms. The maximum absolute atomic E-state index is 12.9. The fraction of sp³-hybridized carbons (Fsp3) is 0.292. The van der Waals surface area contributed by atoms with Crippen molar-refractivity contribution in [3.05, 3.63) is 69.9 Å². The number of benzene rings is 1. The summed E-state index contributed by atoms with van der Waals surface area (Å²) in [6, 6.07) is 10.6. The Balaban J connectivity index is 1.65. The molecule has 0 aliphatic heterocycles. The average molecular weight is 530 g/mol. The van der Waals surface area contributed by atoms with Gasteiger partial charge in [0.1, 0.15) is 0 Å². The summed E-state index contributed by atoms with van der Waals surface area (Å²) in [5.74, 6) is 0.00875. The van der Waals surface area contributed by atoms with E-state index in [2.05, 4.69) is 19.7 Å². The van der Waals surface area contributed by atoms with Crippen LogP contribution in [0.1, 0.15) is 48.9 Å². The van der Waals surface area contributed by atoms with Gasteiger partial charge in [-0.25, -0.2) is 23.1 Å². The number of nitrogen functional groups attached to an aromatic ring is 1. The Morgan fingerprint density at radius 3 is 2.71 bits per heavy atom. The van der Waals surface area contributed by atoms with Crippen molar-refractivity contribution in [2.45, 2.75) is 43.6 Å². The first-order valence-electron chi connectivity index (χ1n) is 11.0. The topological polar surface area (TPSA) is 131 Å². The summed E-state index contributed by atoms with van der Waals surface area (Å²) in [6.07, 6.45) is 4.30. The van der Waals surface area contributed by atoms with E-state index in [1.54, 1.807) is 26.1 Å². The first kappa shape index (κ1) is 24.1. The molecule has 1 saturated carbocycles. The fourth-order valence-electron chi connectivity index (χ4n) is 3.87. The number of nitrogens with two attached hydrogens (primary N) is 1. The van der Waals surface area contributed by atoms with Crippen molar-refractivity contribution in [3.8, 4) is 11.3 Å². The van der Waals surface area contributed by atoms with Gasteiger partial charge in [0.15, 0.2) is 0 Å². The number of nitrogens with one attached hydrogen (secondary N) is 1. The Labute approximate surface area is 212 Å². The second-order valence-corrected chi connectivity index (χ2v) is 12.6. The number of aromatic nitrogens is 3. The predicted octanol–water partition coefficient (Wildman–Crippen LogP) is 4.39. The Hall–Kier alpha value is -2.63. The lowest BCUT2D eigenvalue weighted by Gasteiger charge is -2.18. The second-order valence-electron chi connectivity index (χ2n) is 9.12. The molecule has 182 valence electrons. The molecule has 1 aromatic carbocycles. The molecule has 5 rings (SSSR count). The van der Waals surface area contributed by atoms with Crippen LogP contribution in [-0.4, -0.2) is 33.7 Å². The minimum absolute atomic E-state index is 0.00875. The van der Waals surface area contributed by atoms with Gasteiger partial charge < -0.3 is 10.8 Å². The van der Waals surface area contributed by atoms with E-state index in [1.807, 2.05) is 30.3 Å². The number of anilines is 1. The van der Waals surface area contributed by atoms with Gasteiger partial charge in [-0.3, -0.25) is 4.98 Å². The summed E-state index contributed by atoms with van der Waals surface area (Å²) in [4.78, 5) is 13.4. The molecule has 1 aliphatic carbocycles. The molecular formula is C24H24ClN5O3S2. The number of hydrogen-bond donors (Lipinski definition) is 3. The number of hydrogen-bond acceptors (Lipinski definition) is 8. The molecule has 8 nitrogen and oxygen atoms in total. The van der Waals surface area contributed by atoms with Crippen molar-refractivity contribution >= 4 is 49.0 Å². The van der Waals surface area contributed by atoms with E-state index in [9.17, 15) is 13.5 Å². The van der Waals surface area contributed by atoms with Crippen LogP contribution >= 0.6 is 22.9 Å². The highest BCUT2D eigenvalue weighted by Crippen LogP contribution is 2.41. The number of nitrogens with zero attached hydrogens (tertiary/aromatic N) is 3. The molecule has 4 N–H and O–H groups in total. The lowest BCUT2D eigenvalue weighted by Crippen LogP contribution is -2.32. The Bertz CT molecular complexity index is 1530. The summed E-state index contributed by atoms with van der Waals surface area (Å²) < 4.78 is 29.6. The van der Waals surface area contributed by atoms with Gasteiger partial charge in [0.05, 0.1) is 39.5 Å². The van der Waals surface area contributed by atoms with E-state index in [0.717, 1.165) is 26.1 Å². The number of thiophene rings is 1. The number of fused-ring (bicyclic) bond motifs is 1. The fourth-order valence-corrected chi connectivity index (χ4v) is 6.90. The zero-order chi connectivity index (χ0) is 25.0. The molecular weight excluding hydrogens is 506 g/mol. The van der Waals surface area contributed by atoms with Crippen LogP contribution in [0.2, 0.25) is 5.02 Å². The predicted molar refractivity (Wildman–Crippen MR) is 139 cm³/mol. The molecule has 1 fully saturated rings. The van der Waals surface area contributed by atoms with Crippen molar-refractivity contribution in [3.63, 3.8) is 0 Å². The molecule has 0 amide bonds. The largest absolute Gasteiger partial charge is 0.386 e. The lowest BCUT2D eigenvalue weighted by molar-refractivity contribution is 0.0785. The molecule has 0 saturated heterocycles. The smallest absolute Gasteiger partial charge is 0.220 e. The van der Waals surface area contributed by atoms with Crippen LogP contribution in [-0.2, 0) is 15.6 Å². The van der Waals surface area contributed by atoms with Gasteiger partial charge in [-0.2, -0.15) is 0 Å². The Morgan fingerprint density at radius 2 is 2.00 bits per heavy atom. The van der Waals surface area contributed by atoms with Crippen molar-refractivity contribution in [2.24, 2.45) is 0 Å². The third-order valence-corrected chi connectivity index (χ3v) is 9.35. The maximum Gasteiger partial charge on any atom is 0.220 e. The van der Waals surface area contributed by atoms with Crippen molar-refractivity contribution in [1.82, 2.24) is 19.7 Å². The SMILES string of the molecule is CC(C)(O)c1ccnc(-c2cccc3cc([C@H](NS(=O)(=O)C4CC4)c4nc(N)ncc4Cl)sc23)c1. The van der Waals surface area contributed by atoms with E-state index in [-0.39, 0.29) is 11.0 Å². The number of sulfonamides is 1. The first-order chi connectivity index (χ1) is 16.5. The summed E-state index contributed by atoms with van der Waals surface area (Å²) in [6.45, 7) is 3.45. The molecule has 0 radical (unpaired) electrons. The van der Waals surface area contributed by atoms with Gasteiger partial charge in [0.25, 0.3) is 0 Å². The van der Waals surface area contributed by atoms with Gasteiger partial charge in [0, 0.05) is 21.3 Å².